The topological polar surface area (TPSA) is 44.4 Å². The van der Waals surface area contributed by atoms with Gasteiger partial charge in [-0.25, -0.2) is 0 Å². The van der Waals surface area contributed by atoms with Crippen molar-refractivity contribution in [2.75, 3.05) is 24.3 Å². The Hall–Kier alpha value is -2.20. The highest BCUT2D eigenvalue weighted by Gasteiger charge is 2.25. The molecule has 0 saturated carbocycles. The number of amides is 1. The van der Waals surface area contributed by atoms with Gasteiger partial charge in [0.1, 0.15) is 6.17 Å². The van der Waals surface area contributed by atoms with Crippen molar-refractivity contribution >= 4 is 28.9 Å². The molecule has 0 spiro atoms. The second kappa shape index (κ2) is 5.30. The maximum atomic E-state index is 12.2. The molecule has 21 heavy (non-hydrogen) atoms. The monoisotopic (exact) mass is 301 g/mol. The van der Waals surface area contributed by atoms with Gasteiger partial charge in [0.2, 0.25) is 0 Å². The van der Waals surface area contributed by atoms with Crippen LogP contribution in [-0.2, 0) is 0 Å². The fourth-order valence-electron chi connectivity index (χ4n) is 2.39. The molecule has 2 aromatic rings. The van der Waals surface area contributed by atoms with Gasteiger partial charge in [0.05, 0.1) is 5.56 Å². The number of hydrogen-bond donors (Lipinski definition) is 2. The first-order valence-electron chi connectivity index (χ1n) is 6.69. The number of hydrogen-bond acceptors (Lipinski definition) is 3. The number of nitrogens with one attached hydrogen (secondary N) is 2. The van der Waals surface area contributed by atoms with Crippen molar-refractivity contribution in [1.29, 1.82) is 0 Å². The highest BCUT2D eigenvalue weighted by molar-refractivity contribution is 6.31. The van der Waals surface area contributed by atoms with Crippen LogP contribution >= 0.6 is 11.6 Å². The van der Waals surface area contributed by atoms with Gasteiger partial charge in [-0.15, -0.1) is 0 Å². The van der Waals surface area contributed by atoms with E-state index in [9.17, 15) is 4.79 Å². The van der Waals surface area contributed by atoms with Crippen LogP contribution in [0, 0.1) is 0 Å². The van der Waals surface area contributed by atoms with Crippen LogP contribution < -0.4 is 15.5 Å². The Morgan fingerprint density at radius 2 is 1.86 bits per heavy atom. The average Bonchev–Trinajstić information content (AvgIpc) is 2.47. The van der Waals surface area contributed by atoms with Crippen LogP contribution in [0.5, 0.6) is 0 Å². The van der Waals surface area contributed by atoms with Crippen LogP contribution in [0.2, 0.25) is 5.02 Å². The van der Waals surface area contributed by atoms with Crippen LogP contribution in [0.25, 0.3) is 0 Å². The SMILES string of the molecule is CN(C)c1ccc([C@@H]2NC(=O)c3ccccc3N2)c(Cl)c1. The number of rotatable bonds is 2. The van der Waals surface area contributed by atoms with E-state index in [4.69, 9.17) is 11.6 Å². The molecule has 0 aliphatic carbocycles. The molecule has 0 radical (unpaired) electrons. The summed E-state index contributed by atoms with van der Waals surface area (Å²) >= 11 is 6.36. The lowest BCUT2D eigenvalue weighted by atomic mass is 10.1. The maximum absolute atomic E-state index is 12.2. The third kappa shape index (κ3) is 2.54. The summed E-state index contributed by atoms with van der Waals surface area (Å²) in [5.41, 5.74) is 3.34. The van der Waals surface area contributed by atoms with Crippen LogP contribution in [0.1, 0.15) is 22.1 Å². The lowest BCUT2D eigenvalue weighted by Crippen LogP contribution is -2.38. The van der Waals surface area contributed by atoms with Gasteiger partial charge in [-0.1, -0.05) is 29.8 Å². The Morgan fingerprint density at radius 1 is 1.10 bits per heavy atom. The van der Waals surface area contributed by atoms with Crippen LogP contribution in [-0.4, -0.2) is 20.0 Å². The Balaban J connectivity index is 1.94. The lowest BCUT2D eigenvalue weighted by molar-refractivity contribution is 0.0935. The highest BCUT2D eigenvalue weighted by Crippen LogP contribution is 2.31. The molecule has 1 atom stereocenters. The fraction of sp³-hybridized carbons (Fsp3) is 0.188. The molecule has 0 fully saturated rings. The van der Waals surface area contributed by atoms with E-state index in [1.54, 1.807) is 6.07 Å². The molecule has 1 aliphatic rings. The van der Waals surface area contributed by atoms with Gasteiger partial charge in [-0.2, -0.15) is 0 Å². The summed E-state index contributed by atoms with van der Waals surface area (Å²) in [5, 5.41) is 6.86. The van der Waals surface area contributed by atoms with Gasteiger partial charge >= 0.3 is 0 Å². The minimum Gasteiger partial charge on any atom is -0.378 e. The minimum absolute atomic E-state index is 0.0953. The molecular weight excluding hydrogens is 286 g/mol. The van der Waals surface area contributed by atoms with Gasteiger partial charge < -0.3 is 15.5 Å². The average molecular weight is 302 g/mol. The molecule has 0 bridgehead atoms. The number of para-hydroxylation sites is 1. The van der Waals surface area contributed by atoms with E-state index >= 15 is 0 Å². The molecule has 2 N–H and O–H groups in total. The largest absolute Gasteiger partial charge is 0.378 e. The Morgan fingerprint density at radius 3 is 2.57 bits per heavy atom. The number of anilines is 2. The van der Waals surface area contributed by atoms with E-state index in [-0.39, 0.29) is 12.1 Å². The number of fused-ring (bicyclic) bond motifs is 1. The Kier molecular flexibility index (Phi) is 3.47. The summed E-state index contributed by atoms with van der Waals surface area (Å²) < 4.78 is 0. The van der Waals surface area contributed by atoms with Gasteiger partial charge in [0.15, 0.2) is 0 Å². The summed E-state index contributed by atoms with van der Waals surface area (Å²) in [6.07, 6.45) is -0.323. The third-order valence-corrected chi connectivity index (χ3v) is 3.89. The molecule has 1 heterocycles. The molecular formula is C16H16ClN3O. The van der Waals surface area contributed by atoms with Gasteiger partial charge in [-0.05, 0) is 24.3 Å². The van der Waals surface area contributed by atoms with Gasteiger partial charge in [-0.3, -0.25) is 4.79 Å². The number of halogens is 1. The summed E-state index contributed by atoms with van der Waals surface area (Å²) in [6, 6.07) is 13.2. The molecule has 1 amide bonds. The van der Waals surface area contributed by atoms with Crippen molar-refractivity contribution in [3.63, 3.8) is 0 Å². The van der Waals surface area contributed by atoms with E-state index < -0.39 is 0 Å². The van der Waals surface area contributed by atoms with Crippen LogP contribution in [0.15, 0.2) is 42.5 Å². The molecule has 0 aromatic heterocycles. The van der Waals surface area contributed by atoms with Crippen molar-refractivity contribution < 1.29 is 4.79 Å². The number of carbonyl (C=O) groups is 1. The number of nitrogens with zero attached hydrogens (tertiary/aromatic N) is 1. The first kappa shape index (κ1) is 13.8. The minimum atomic E-state index is -0.323. The van der Waals surface area contributed by atoms with Crippen molar-refractivity contribution in [2.45, 2.75) is 6.17 Å². The first-order valence-corrected chi connectivity index (χ1v) is 7.07. The predicted octanol–water partition coefficient (Wildman–Crippen LogP) is 3.26. The first-order chi connectivity index (χ1) is 10.1. The molecule has 1 aliphatic heterocycles. The molecule has 108 valence electrons. The van der Waals surface area contributed by atoms with E-state index in [1.165, 1.54) is 0 Å². The molecule has 2 aromatic carbocycles. The quantitative estimate of drug-likeness (QED) is 0.895. The predicted molar refractivity (Wildman–Crippen MR) is 86.1 cm³/mol. The Bertz CT molecular complexity index is 700. The molecule has 5 heteroatoms. The molecule has 0 saturated heterocycles. The van der Waals surface area contributed by atoms with E-state index in [1.807, 2.05) is 55.4 Å². The zero-order valence-electron chi connectivity index (χ0n) is 11.9. The molecule has 4 nitrogen and oxygen atoms in total. The van der Waals surface area contributed by atoms with Crippen LogP contribution in [0.4, 0.5) is 11.4 Å². The van der Waals surface area contributed by atoms with Crippen molar-refractivity contribution in [3.05, 3.63) is 58.6 Å². The summed E-state index contributed by atoms with van der Waals surface area (Å²) in [5.74, 6) is -0.0953. The standard InChI is InChI=1S/C16H16ClN3O/c1-20(2)10-7-8-11(13(17)9-10)15-18-14-6-4-3-5-12(14)16(21)19-15/h3-9,15,18H,1-2H3,(H,19,21)/t15-/m0/s1. The van der Waals surface area contributed by atoms with Crippen molar-refractivity contribution in [1.82, 2.24) is 5.32 Å². The Labute approximate surface area is 128 Å². The summed E-state index contributed by atoms with van der Waals surface area (Å²) in [7, 11) is 3.92. The van der Waals surface area contributed by atoms with Gasteiger partial charge in [0.25, 0.3) is 5.91 Å². The second-order valence-corrected chi connectivity index (χ2v) is 5.60. The second-order valence-electron chi connectivity index (χ2n) is 5.20. The van der Waals surface area contributed by atoms with Crippen molar-refractivity contribution in [3.8, 4) is 0 Å². The van der Waals surface area contributed by atoms with Crippen molar-refractivity contribution in [2.24, 2.45) is 0 Å². The number of carbonyl (C=O) groups excluding carboxylic acids is 1. The van der Waals surface area contributed by atoms with E-state index in [0.29, 0.717) is 10.6 Å². The summed E-state index contributed by atoms with van der Waals surface area (Å²) in [4.78, 5) is 14.1. The molecule has 0 unspecified atom stereocenters. The highest BCUT2D eigenvalue weighted by atomic mass is 35.5. The lowest BCUT2D eigenvalue weighted by Gasteiger charge is -2.29. The summed E-state index contributed by atoms with van der Waals surface area (Å²) in [6.45, 7) is 0. The van der Waals surface area contributed by atoms with Crippen LogP contribution in [0.3, 0.4) is 0 Å². The van der Waals surface area contributed by atoms with Gasteiger partial charge in [0, 0.05) is 36.1 Å². The fourth-order valence-corrected chi connectivity index (χ4v) is 2.68. The zero-order valence-corrected chi connectivity index (χ0v) is 12.6. The van der Waals surface area contributed by atoms with E-state index in [0.717, 1.165) is 16.9 Å². The normalized spacial score (nSPS) is 16.7. The molecule has 3 rings (SSSR count). The number of benzene rings is 2. The third-order valence-electron chi connectivity index (χ3n) is 3.56. The zero-order chi connectivity index (χ0) is 15.0. The maximum Gasteiger partial charge on any atom is 0.255 e. The smallest absolute Gasteiger partial charge is 0.255 e. The van der Waals surface area contributed by atoms with E-state index in [2.05, 4.69) is 10.6 Å².